The molecular formula is C15H13ClN2O3. The Labute approximate surface area is 126 Å². The van der Waals surface area contributed by atoms with Gasteiger partial charge in [-0.25, -0.2) is 10.5 Å². The molecule has 0 spiro atoms. The molecule has 2 aromatic rings. The van der Waals surface area contributed by atoms with E-state index in [1.165, 1.54) is 17.6 Å². The van der Waals surface area contributed by atoms with Crippen molar-refractivity contribution in [2.45, 2.75) is 0 Å². The summed E-state index contributed by atoms with van der Waals surface area (Å²) in [6, 6.07) is 9.07. The van der Waals surface area contributed by atoms with Crippen LogP contribution < -0.4 is 10.2 Å². The molecule has 1 amide bonds. The number of pyridine rings is 1. The maximum Gasteiger partial charge on any atom is 0.267 e. The van der Waals surface area contributed by atoms with E-state index in [4.69, 9.17) is 21.5 Å². The van der Waals surface area contributed by atoms with Crippen molar-refractivity contribution in [3.63, 3.8) is 0 Å². The maximum absolute atomic E-state index is 11.0. The third-order valence-corrected chi connectivity index (χ3v) is 3.13. The highest BCUT2D eigenvalue weighted by molar-refractivity contribution is 6.32. The van der Waals surface area contributed by atoms with E-state index in [0.717, 1.165) is 11.1 Å². The van der Waals surface area contributed by atoms with Gasteiger partial charge in [0, 0.05) is 22.9 Å². The van der Waals surface area contributed by atoms with Gasteiger partial charge in [-0.05, 0) is 35.4 Å². The number of halogens is 1. The van der Waals surface area contributed by atoms with Crippen molar-refractivity contribution in [1.82, 2.24) is 10.5 Å². The Bertz CT molecular complexity index is 686. The van der Waals surface area contributed by atoms with Gasteiger partial charge in [0.2, 0.25) is 5.88 Å². The van der Waals surface area contributed by atoms with Crippen LogP contribution >= 0.6 is 11.6 Å². The van der Waals surface area contributed by atoms with E-state index in [2.05, 4.69) is 4.98 Å². The van der Waals surface area contributed by atoms with E-state index in [0.29, 0.717) is 16.5 Å². The highest BCUT2D eigenvalue weighted by Gasteiger charge is 2.08. The SMILES string of the molecule is COc1ncccc1-c1ccc(/C=C/C(=O)NO)c(Cl)c1. The molecule has 5 nitrogen and oxygen atoms in total. The number of carbonyl (C=O) groups excluding carboxylic acids is 1. The Hall–Kier alpha value is -2.37. The number of hydrogen-bond acceptors (Lipinski definition) is 4. The van der Waals surface area contributed by atoms with Crippen LogP contribution in [0.15, 0.2) is 42.6 Å². The first-order chi connectivity index (χ1) is 10.2. The maximum atomic E-state index is 11.0. The normalized spacial score (nSPS) is 10.6. The minimum absolute atomic E-state index is 0.473. The van der Waals surface area contributed by atoms with Gasteiger partial charge in [0.05, 0.1) is 7.11 Å². The summed E-state index contributed by atoms with van der Waals surface area (Å²) < 4.78 is 5.21. The molecule has 0 aliphatic carbocycles. The molecule has 0 bridgehead atoms. The predicted molar refractivity (Wildman–Crippen MR) is 80.2 cm³/mol. The van der Waals surface area contributed by atoms with Crippen molar-refractivity contribution in [3.8, 4) is 17.0 Å². The molecule has 2 rings (SSSR count). The monoisotopic (exact) mass is 304 g/mol. The number of methoxy groups -OCH3 is 1. The van der Waals surface area contributed by atoms with Crippen molar-refractivity contribution in [3.05, 3.63) is 53.2 Å². The lowest BCUT2D eigenvalue weighted by Crippen LogP contribution is -2.14. The van der Waals surface area contributed by atoms with Crippen LogP contribution in [0.5, 0.6) is 5.88 Å². The minimum Gasteiger partial charge on any atom is -0.481 e. The van der Waals surface area contributed by atoms with Crippen molar-refractivity contribution in [2.75, 3.05) is 7.11 Å². The number of benzene rings is 1. The van der Waals surface area contributed by atoms with Crippen molar-refractivity contribution < 1.29 is 14.7 Å². The van der Waals surface area contributed by atoms with Crippen LogP contribution in [-0.2, 0) is 4.79 Å². The van der Waals surface area contributed by atoms with E-state index >= 15 is 0 Å². The third kappa shape index (κ3) is 3.59. The summed E-state index contributed by atoms with van der Waals surface area (Å²) >= 11 is 6.19. The first-order valence-electron chi connectivity index (χ1n) is 6.06. The average molecular weight is 305 g/mol. The first kappa shape index (κ1) is 15.0. The van der Waals surface area contributed by atoms with Crippen molar-refractivity contribution in [2.24, 2.45) is 0 Å². The molecule has 2 N–H and O–H groups in total. The molecule has 108 valence electrons. The summed E-state index contributed by atoms with van der Waals surface area (Å²) in [5, 5.41) is 8.90. The number of rotatable bonds is 4. The first-order valence-corrected chi connectivity index (χ1v) is 6.44. The molecule has 0 unspecified atom stereocenters. The summed E-state index contributed by atoms with van der Waals surface area (Å²) in [5.74, 6) is -0.111. The largest absolute Gasteiger partial charge is 0.481 e. The summed E-state index contributed by atoms with van der Waals surface area (Å²) in [6.07, 6.45) is 4.35. The van der Waals surface area contributed by atoms with Gasteiger partial charge in [0.1, 0.15) is 0 Å². The lowest BCUT2D eigenvalue weighted by Gasteiger charge is -2.08. The van der Waals surface area contributed by atoms with Gasteiger partial charge in [-0.2, -0.15) is 0 Å². The number of hydrogen-bond donors (Lipinski definition) is 2. The number of aromatic nitrogens is 1. The van der Waals surface area contributed by atoms with Crippen LogP contribution in [0.1, 0.15) is 5.56 Å². The van der Waals surface area contributed by atoms with Crippen molar-refractivity contribution >= 4 is 23.6 Å². The molecule has 1 heterocycles. The zero-order chi connectivity index (χ0) is 15.2. The Morgan fingerprint density at radius 3 is 2.90 bits per heavy atom. The van der Waals surface area contributed by atoms with E-state index in [-0.39, 0.29) is 0 Å². The van der Waals surface area contributed by atoms with Crippen LogP contribution in [0.25, 0.3) is 17.2 Å². The number of nitrogens with zero attached hydrogens (tertiary/aromatic N) is 1. The molecule has 0 aliphatic rings. The van der Waals surface area contributed by atoms with Gasteiger partial charge in [0.15, 0.2) is 0 Å². The Balaban J connectivity index is 2.35. The Morgan fingerprint density at radius 1 is 1.43 bits per heavy atom. The molecule has 1 aromatic heterocycles. The second-order valence-electron chi connectivity index (χ2n) is 4.11. The fourth-order valence-corrected chi connectivity index (χ4v) is 2.05. The van der Waals surface area contributed by atoms with Gasteiger partial charge < -0.3 is 4.74 Å². The lowest BCUT2D eigenvalue weighted by atomic mass is 10.0. The number of carbonyl (C=O) groups is 1. The average Bonchev–Trinajstić information content (AvgIpc) is 2.53. The molecule has 0 fully saturated rings. The predicted octanol–water partition coefficient (Wildman–Crippen LogP) is 2.93. The highest BCUT2D eigenvalue weighted by Crippen LogP contribution is 2.31. The molecular weight excluding hydrogens is 292 g/mol. The Kier molecular flexibility index (Phi) is 4.92. The molecule has 1 aromatic carbocycles. The van der Waals surface area contributed by atoms with E-state index in [1.807, 2.05) is 18.2 Å². The van der Waals surface area contributed by atoms with Crippen LogP contribution in [0.4, 0.5) is 0 Å². The van der Waals surface area contributed by atoms with E-state index in [1.54, 1.807) is 25.4 Å². The van der Waals surface area contributed by atoms with Gasteiger partial charge in [-0.3, -0.25) is 10.0 Å². The van der Waals surface area contributed by atoms with Gasteiger partial charge in [-0.1, -0.05) is 23.7 Å². The quantitative estimate of drug-likeness (QED) is 0.517. The number of hydroxylamine groups is 1. The standard InChI is InChI=1S/C15H13ClN2O3/c1-21-15-12(3-2-8-17-15)11-5-4-10(13(16)9-11)6-7-14(19)18-20/h2-9,20H,1H3,(H,18,19)/b7-6+. The second kappa shape index (κ2) is 6.88. The van der Waals surface area contributed by atoms with Gasteiger partial charge in [0.25, 0.3) is 5.91 Å². The van der Waals surface area contributed by atoms with Gasteiger partial charge >= 0.3 is 0 Å². The molecule has 21 heavy (non-hydrogen) atoms. The molecule has 6 heteroatoms. The third-order valence-electron chi connectivity index (χ3n) is 2.80. The van der Waals surface area contributed by atoms with Crippen LogP contribution in [0.2, 0.25) is 5.02 Å². The lowest BCUT2D eigenvalue weighted by molar-refractivity contribution is -0.124. The highest BCUT2D eigenvalue weighted by atomic mass is 35.5. The van der Waals surface area contributed by atoms with Crippen LogP contribution in [0, 0.1) is 0 Å². The molecule has 0 saturated carbocycles. The summed E-state index contributed by atoms with van der Waals surface area (Å²) in [7, 11) is 1.55. The van der Waals surface area contributed by atoms with Crippen LogP contribution in [-0.4, -0.2) is 23.2 Å². The molecule has 0 radical (unpaired) electrons. The molecule has 0 atom stereocenters. The molecule has 0 saturated heterocycles. The van der Waals surface area contributed by atoms with Gasteiger partial charge in [-0.15, -0.1) is 0 Å². The number of ether oxygens (including phenoxy) is 1. The number of nitrogens with one attached hydrogen (secondary N) is 1. The zero-order valence-electron chi connectivity index (χ0n) is 11.2. The Morgan fingerprint density at radius 2 is 2.24 bits per heavy atom. The van der Waals surface area contributed by atoms with E-state index in [9.17, 15) is 4.79 Å². The minimum atomic E-state index is -0.621. The number of amides is 1. The summed E-state index contributed by atoms with van der Waals surface area (Å²) in [5.41, 5.74) is 3.85. The summed E-state index contributed by atoms with van der Waals surface area (Å²) in [4.78, 5) is 15.1. The topological polar surface area (TPSA) is 71.5 Å². The van der Waals surface area contributed by atoms with Crippen molar-refractivity contribution in [1.29, 1.82) is 0 Å². The fraction of sp³-hybridized carbons (Fsp3) is 0.0667. The molecule has 0 aliphatic heterocycles. The van der Waals surface area contributed by atoms with Crippen LogP contribution in [0.3, 0.4) is 0 Å². The smallest absolute Gasteiger partial charge is 0.267 e. The fourth-order valence-electron chi connectivity index (χ4n) is 1.81. The summed E-state index contributed by atoms with van der Waals surface area (Å²) in [6.45, 7) is 0. The second-order valence-corrected chi connectivity index (χ2v) is 4.51. The zero-order valence-corrected chi connectivity index (χ0v) is 12.0. The van der Waals surface area contributed by atoms with E-state index < -0.39 is 5.91 Å².